The molecule has 1 heterocycles. The van der Waals surface area contributed by atoms with Gasteiger partial charge in [0.2, 0.25) is 7.87 Å². The standard InChI is InChI=1S/C18H19ClNO2P/c1-3-20(4-2)23(21)13-17(14-8-6-5-7-9-14)16-12-15(19)10-11-18(16)22-23/h5-13H,3-4H2,1-2H3. The Labute approximate surface area is 142 Å². The van der Waals surface area contributed by atoms with Crippen LogP contribution in [-0.4, -0.2) is 17.8 Å². The van der Waals surface area contributed by atoms with Crippen molar-refractivity contribution < 1.29 is 9.42 Å². The minimum atomic E-state index is -3.06. The first-order valence-corrected chi connectivity index (χ1v) is 9.73. The fraction of sp³-hybridized carbons (Fsp3) is 0.222. The Kier molecular flexibility index (Phi) is 4.74. The zero-order valence-corrected chi connectivity index (χ0v) is 14.8. The minimum Gasteiger partial charge on any atom is -0.630 e. The molecule has 0 saturated heterocycles. The molecule has 23 heavy (non-hydrogen) atoms. The Morgan fingerprint density at radius 2 is 1.78 bits per heavy atom. The molecule has 1 aliphatic heterocycles. The van der Waals surface area contributed by atoms with Gasteiger partial charge in [0.05, 0.1) is 0 Å². The molecular weight excluding hydrogens is 329 g/mol. The molecule has 5 heteroatoms. The van der Waals surface area contributed by atoms with Crippen LogP contribution in [0.1, 0.15) is 25.0 Å². The molecule has 0 amide bonds. The van der Waals surface area contributed by atoms with Crippen molar-refractivity contribution in [2.24, 2.45) is 0 Å². The van der Waals surface area contributed by atoms with Crippen LogP contribution in [0.15, 0.2) is 54.3 Å². The van der Waals surface area contributed by atoms with E-state index in [9.17, 15) is 4.89 Å². The second-order valence-corrected chi connectivity index (χ2v) is 7.91. The van der Waals surface area contributed by atoms with Gasteiger partial charge in [-0.3, -0.25) is 0 Å². The highest BCUT2D eigenvalue weighted by molar-refractivity contribution is 7.65. The number of nitrogens with zero attached hydrogens (tertiary/aromatic N) is 1. The quantitative estimate of drug-likeness (QED) is 0.759. The average molecular weight is 348 g/mol. The summed E-state index contributed by atoms with van der Waals surface area (Å²) in [6, 6.07) is 15.3. The third-order valence-corrected chi connectivity index (χ3v) is 6.59. The van der Waals surface area contributed by atoms with Crippen molar-refractivity contribution in [1.29, 1.82) is 0 Å². The molecule has 0 aliphatic carbocycles. The van der Waals surface area contributed by atoms with Crippen molar-refractivity contribution >= 4 is 25.0 Å². The summed E-state index contributed by atoms with van der Waals surface area (Å²) >= 11 is 6.16. The molecule has 0 saturated carbocycles. The lowest BCUT2D eigenvalue weighted by molar-refractivity contribution is -0.194. The van der Waals surface area contributed by atoms with Gasteiger partial charge in [-0.1, -0.05) is 41.9 Å². The lowest BCUT2D eigenvalue weighted by Gasteiger charge is -2.38. The highest BCUT2D eigenvalue weighted by Crippen LogP contribution is 2.62. The molecule has 3 nitrogen and oxygen atoms in total. The Balaban J connectivity index is 2.18. The first-order valence-electron chi connectivity index (χ1n) is 7.70. The number of halogens is 1. The Morgan fingerprint density at radius 3 is 2.43 bits per heavy atom. The van der Waals surface area contributed by atoms with Gasteiger partial charge >= 0.3 is 0 Å². The molecule has 0 radical (unpaired) electrons. The molecule has 1 aliphatic rings. The van der Waals surface area contributed by atoms with E-state index in [2.05, 4.69) is 0 Å². The van der Waals surface area contributed by atoms with E-state index in [4.69, 9.17) is 16.1 Å². The lowest BCUT2D eigenvalue weighted by atomic mass is 9.99. The van der Waals surface area contributed by atoms with E-state index in [0.717, 1.165) is 16.7 Å². The topological polar surface area (TPSA) is 35.5 Å². The van der Waals surface area contributed by atoms with Gasteiger partial charge < -0.3 is 9.42 Å². The number of hydrogen-bond acceptors (Lipinski definition) is 3. The van der Waals surface area contributed by atoms with E-state index < -0.39 is 7.87 Å². The zero-order valence-electron chi connectivity index (χ0n) is 13.2. The van der Waals surface area contributed by atoms with Crippen LogP contribution in [0.3, 0.4) is 0 Å². The summed E-state index contributed by atoms with van der Waals surface area (Å²) in [5.41, 5.74) is 2.79. The van der Waals surface area contributed by atoms with Crippen LogP contribution >= 0.6 is 19.5 Å². The molecule has 0 aromatic heterocycles. The third-order valence-electron chi connectivity index (χ3n) is 3.96. The fourth-order valence-corrected chi connectivity index (χ4v) is 5.14. The third kappa shape index (κ3) is 3.15. The molecule has 1 unspecified atom stereocenters. The second-order valence-electron chi connectivity index (χ2n) is 5.34. The van der Waals surface area contributed by atoms with Crippen molar-refractivity contribution in [3.63, 3.8) is 0 Å². The summed E-state index contributed by atoms with van der Waals surface area (Å²) in [7, 11) is -3.06. The van der Waals surface area contributed by atoms with Crippen LogP contribution in [0, 0.1) is 0 Å². The van der Waals surface area contributed by atoms with E-state index in [0.29, 0.717) is 23.9 Å². The number of rotatable bonds is 4. The Bertz CT molecular complexity index is 731. The van der Waals surface area contributed by atoms with Crippen LogP contribution in [0.5, 0.6) is 5.75 Å². The molecule has 3 rings (SSSR count). The maximum absolute atomic E-state index is 13.4. The molecule has 120 valence electrons. The molecule has 2 aromatic rings. The molecule has 0 fully saturated rings. The molecular formula is C18H19ClNO2P. The highest BCUT2D eigenvalue weighted by Gasteiger charge is 2.40. The SMILES string of the molecule is CCN(CC)[P+]1([O-])C=C(c2ccccc2)c2cc(Cl)ccc2O1. The van der Waals surface area contributed by atoms with Gasteiger partial charge in [-0.15, -0.1) is 4.67 Å². The summed E-state index contributed by atoms with van der Waals surface area (Å²) < 4.78 is 7.79. The summed E-state index contributed by atoms with van der Waals surface area (Å²) in [6.45, 7) is 5.30. The summed E-state index contributed by atoms with van der Waals surface area (Å²) in [5, 5.41) is 0.633. The lowest BCUT2D eigenvalue weighted by Crippen LogP contribution is -2.34. The van der Waals surface area contributed by atoms with Crippen LogP contribution in [0.25, 0.3) is 5.57 Å². The van der Waals surface area contributed by atoms with Gasteiger partial charge in [0.1, 0.15) is 5.82 Å². The second kappa shape index (κ2) is 6.62. The number of fused-ring (bicyclic) bond motifs is 1. The minimum absolute atomic E-state index is 0.617. The number of hydrogen-bond donors (Lipinski definition) is 0. The average Bonchev–Trinajstić information content (AvgIpc) is 2.56. The van der Waals surface area contributed by atoms with E-state index in [-0.39, 0.29) is 0 Å². The maximum atomic E-state index is 13.4. The summed E-state index contributed by atoms with van der Waals surface area (Å²) in [6.07, 6.45) is 0. The maximum Gasteiger partial charge on any atom is 0.250 e. The van der Waals surface area contributed by atoms with Crippen LogP contribution < -0.4 is 9.42 Å². The smallest absolute Gasteiger partial charge is 0.250 e. The van der Waals surface area contributed by atoms with Crippen molar-refractivity contribution in [2.75, 3.05) is 13.1 Å². The van der Waals surface area contributed by atoms with Gasteiger partial charge in [0, 0.05) is 29.2 Å². The van der Waals surface area contributed by atoms with Crippen molar-refractivity contribution in [2.45, 2.75) is 13.8 Å². The predicted octanol–water partition coefficient (Wildman–Crippen LogP) is 4.59. The summed E-state index contributed by atoms with van der Waals surface area (Å²) in [4.78, 5) is 13.4. The zero-order chi connectivity index (χ0) is 16.4. The first kappa shape index (κ1) is 16.5. The van der Waals surface area contributed by atoms with Gasteiger partial charge in [0.15, 0.2) is 5.75 Å². The first-order chi connectivity index (χ1) is 11.1. The van der Waals surface area contributed by atoms with Crippen molar-refractivity contribution in [3.8, 4) is 5.75 Å². The highest BCUT2D eigenvalue weighted by atomic mass is 35.5. The van der Waals surface area contributed by atoms with Crippen LogP contribution in [-0.2, 0) is 0 Å². The van der Waals surface area contributed by atoms with E-state index in [1.807, 2.05) is 54.9 Å². The largest absolute Gasteiger partial charge is 0.630 e. The predicted molar refractivity (Wildman–Crippen MR) is 95.4 cm³/mol. The van der Waals surface area contributed by atoms with Gasteiger partial charge in [-0.2, -0.15) is 0 Å². The molecule has 1 atom stereocenters. The molecule has 0 N–H and O–H groups in total. The van der Waals surface area contributed by atoms with E-state index >= 15 is 0 Å². The van der Waals surface area contributed by atoms with E-state index in [1.54, 1.807) is 17.9 Å². The van der Waals surface area contributed by atoms with Crippen molar-refractivity contribution in [3.05, 3.63) is 70.5 Å². The molecule has 0 bridgehead atoms. The fourth-order valence-electron chi connectivity index (χ4n) is 2.80. The van der Waals surface area contributed by atoms with Crippen molar-refractivity contribution in [1.82, 2.24) is 4.67 Å². The van der Waals surface area contributed by atoms with Crippen LogP contribution in [0.2, 0.25) is 5.02 Å². The van der Waals surface area contributed by atoms with Gasteiger partial charge in [-0.25, -0.2) is 0 Å². The number of benzene rings is 2. The molecule has 0 spiro atoms. The Morgan fingerprint density at radius 1 is 1.09 bits per heavy atom. The summed E-state index contributed by atoms with van der Waals surface area (Å²) in [5.74, 6) is 2.39. The van der Waals surface area contributed by atoms with Gasteiger partial charge in [0.25, 0.3) is 0 Å². The van der Waals surface area contributed by atoms with E-state index in [1.165, 1.54) is 0 Å². The monoisotopic (exact) mass is 347 g/mol. The molecule has 2 aromatic carbocycles. The Hall–Kier alpha value is -1.38. The van der Waals surface area contributed by atoms with Crippen LogP contribution in [0.4, 0.5) is 0 Å². The van der Waals surface area contributed by atoms with Gasteiger partial charge in [-0.05, 0) is 37.6 Å². The normalized spacial score (nSPS) is 20.0.